The van der Waals surface area contributed by atoms with Crippen LogP contribution in [0.2, 0.25) is 0 Å². The molecule has 0 atom stereocenters. The predicted octanol–water partition coefficient (Wildman–Crippen LogP) is 3.42. The second-order valence-corrected chi connectivity index (χ2v) is 9.58. The Morgan fingerprint density at radius 3 is 2.39 bits per heavy atom. The van der Waals surface area contributed by atoms with E-state index >= 15 is 0 Å². The maximum absolute atomic E-state index is 13.2. The number of hydrogen-bond donors (Lipinski definition) is 1. The second kappa shape index (κ2) is 9.80. The second-order valence-electron chi connectivity index (χ2n) is 7.64. The number of amides is 1. The molecule has 1 fully saturated rings. The van der Waals surface area contributed by atoms with E-state index in [0.29, 0.717) is 37.6 Å². The van der Waals surface area contributed by atoms with Gasteiger partial charge in [-0.3, -0.25) is 4.79 Å². The van der Waals surface area contributed by atoms with Crippen LogP contribution in [0.15, 0.2) is 41.3 Å². The Morgan fingerprint density at radius 2 is 1.74 bits per heavy atom. The third-order valence-electron chi connectivity index (χ3n) is 5.57. The lowest BCUT2D eigenvalue weighted by Crippen LogP contribution is -2.40. The molecule has 1 saturated heterocycles. The molecular formula is C23H31N3O4S. The molecule has 1 N–H and O–H groups in total. The lowest BCUT2D eigenvalue weighted by Gasteiger charge is -2.28. The molecule has 1 aliphatic heterocycles. The average molecular weight is 446 g/mol. The van der Waals surface area contributed by atoms with E-state index in [1.165, 1.54) is 4.31 Å². The molecule has 0 unspecified atom stereocenters. The Labute approximate surface area is 185 Å². The number of rotatable bonds is 7. The topological polar surface area (TPSA) is 79.0 Å². The molecule has 3 rings (SSSR count). The fourth-order valence-electron chi connectivity index (χ4n) is 3.72. The van der Waals surface area contributed by atoms with Gasteiger partial charge in [0, 0.05) is 31.7 Å². The molecule has 31 heavy (non-hydrogen) atoms. The molecule has 0 saturated carbocycles. The first-order chi connectivity index (χ1) is 14.8. The Balaban J connectivity index is 2.02. The number of aryl methyl sites for hydroxylation is 2. The van der Waals surface area contributed by atoms with Gasteiger partial charge < -0.3 is 15.0 Å². The monoisotopic (exact) mass is 445 g/mol. The molecule has 2 aromatic rings. The Hall–Kier alpha value is -2.42. The number of benzene rings is 2. The van der Waals surface area contributed by atoms with Crippen molar-refractivity contribution in [3.8, 4) is 0 Å². The third kappa shape index (κ3) is 5.08. The fourth-order valence-corrected chi connectivity index (χ4v) is 5.16. The van der Waals surface area contributed by atoms with Crippen molar-refractivity contribution >= 4 is 27.3 Å². The van der Waals surface area contributed by atoms with Gasteiger partial charge in [0.1, 0.15) is 0 Å². The zero-order valence-electron chi connectivity index (χ0n) is 18.6. The predicted molar refractivity (Wildman–Crippen MR) is 123 cm³/mol. The molecule has 0 spiro atoms. The van der Waals surface area contributed by atoms with Gasteiger partial charge >= 0.3 is 0 Å². The van der Waals surface area contributed by atoms with Gasteiger partial charge in [-0.1, -0.05) is 17.7 Å². The Morgan fingerprint density at radius 1 is 1.06 bits per heavy atom. The highest BCUT2D eigenvalue weighted by atomic mass is 32.2. The van der Waals surface area contributed by atoms with Crippen LogP contribution >= 0.6 is 0 Å². The highest BCUT2D eigenvalue weighted by molar-refractivity contribution is 7.89. The number of carbonyl (C=O) groups is 1. The Kier molecular flexibility index (Phi) is 7.35. The highest BCUT2D eigenvalue weighted by Gasteiger charge is 2.27. The average Bonchev–Trinajstić information content (AvgIpc) is 2.77. The van der Waals surface area contributed by atoms with Crippen molar-refractivity contribution in [1.82, 2.24) is 4.31 Å². The highest BCUT2D eigenvalue weighted by Crippen LogP contribution is 2.31. The van der Waals surface area contributed by atoms with E-state index in [4.69, 9.17) is 4.74 Å². The molecule has 2 aromatic carbocycles. The van der Waals surface area contributed by atoms with E-state index in [-0.39, 0.29) is 10.8 Å². The molecule has 0 radical (unpaired) electrons. The number of nitrogens with zero attached hydrogens (tertiary/aromatic N) is 2. The van der Waals surface area contributed by atoms with Crippen molar-refractivity contribution in [3.05, 3.63) is 53.1 Å². The summed E-state index contributed by atoms with van der Waals surface area (Å²) in [5.74, 6) is -0.254. The molecule has 1 amide bonds. The minimum atomic E-state index is -3.67. The smallest absolute Gasteiger partial charge is 0.255 e. The molecule has 1 heterocycles. The van der Waals surface area contributed by atoms with E-state index in [2.05, 4.69) is 10.2 Å². The third-order valence-corrected chi connectivity index (χ3v) is 7.46. The van der Waals surface area contributed by atoms with Crippen LogP contribution in [0.3, 0.4) is 0 Å². The van der Waals surface area contributed by atoms with Crippen LogP contribution in [0.4, 0.5) is 11.4 Å². The maximum Gasteiger partial charge on any atom is 0.255 e. The molecule has 1 aliphatic rings. The number of nitrogens with one attached hydrogen (secondary N) is 1. The summed E-state index contributed by atoms with van der Waals surface area (Å²) in [5.41, 5.74) is 3.72. The van der Waals surface area contributed by atoms with Crippen molar-refractivity contribution in [3.63, 3.8) is 0 Å². The van der Waals surface area contributed by atoms with Crippen LogP contribution in [0, 0.1) is 13.8 Å². The van der Waals surface area contributed by atoms with E-state index in [1.807, 2.05) is 45.9 Å². The van der Waals surface area contributed by atoms with Crippen LogP contribution in [0.1, 0.15) is 35.3 Å². The molecule has 8 heteroatoms. The summed E-state index contributed by atoms with van der Waals surface area (Å²) < 4.78 is 33.0. The first kappa shape index (κ1) is 23.2. The minimum absolute atomic E-state index is 0.168. The normalized spacial score (nSPS) is 15.0. The summed E-state index contributed by atoms with van der Waals surface area (Å²) in [4.78, 5) is 15.4. The summed E-state index contributed by atoms with van der Waals surface area (Å²) in [7, 11) is -3.67. The molecule has 0 aromatic heterocycles. The summed E-state index contributed by atoms with van der Waals surface area (Å²) in [6.07, 6.45) is 0. The number of anilines is 2. The molecule has 0 aliphatic carbocycles. The fraction of sp³-hybridized carbons (Fsp3) is 0.435. The van der Waals surface area contributed by atoms with E-state index in [0.717, 1.165) is 29.9 Å². The van der Waals surface area contributed by atoms with Gasteiger partial charge in [0.2, 0.25) is 10.0 Å². The van der Waals surface area contributed by atoms with Gasteiger partial charge in [-0.15, -0.1) is 0 Å². The zero-order valence-corrected chi connectivity index (χ0v) is 19.5. The van der Waals surface area contributed by atoms with Crippen LogP contribution in [-0.2, 0) is 14.8 Å². The lowest BCUT2D eigenvalue weighted by atomic mass is 10.0. The molecule has 7 nitrogen and oxygen atoms in total. The largest absolute Gasteiger partial charge is 0.379 e. The number of hydrogen-bond acceptors (Lipinski definition) is 5. The van der Waals surface area contributed by atoms with E-state index < -0.39 is 10.0 Å². The Bertz CT molecular complexity index is 1040. The number of morpholine rings is 1. The van der Waals surface area contributed by atoms with Crippen molar-refractivity contribution in [2.24, 2.45) is 0 Å². The number of carbonyl (C=O) groups excluding carboxylic acids is 1. The molecule has 0 bridgehead atoms. The summed E-state index contributed by atoms with van der Waals surface area (Å²) >= 11 is 0. The van der Waals surface area contributed by atoms with Crippen molar-refractivity contribution in [2.75, 3.05) is 49.6 Å². The van der Waals surface area contributed by atoms with Crippen molar-refractivity contribution < 1.29 is 17.9 Å². The quantitative estimate of drug-likeness (QED) is 0.707. The van der Waals surface area contributed by atoms with Gasteiger partial charge in [-0.25, -0.2) is 8.42 Å². The lowest BCUT2D eigenvalue weighted by molar-refractivity contribution is 0.0730. The van der Waals surface area contributed by atoms with Crippen LogP contribution in [0.25, 0.3) is 0 Å². The van der Waals surface area contributed by atoms with E-state index in [1.54, 1.807) is 18.2 Å². The first-order valence-corrected chi connectivity index (χ1v) is 12.1. The van der Waals surface area contributed by atoms with Crippen LogP contribution in [0.5, 0.6) is 0 Å². The summed E-state index contributed by atoms with van der Waals surface area (Å²) in [5, 5.41) is 2.97. The van der Waals surface area contributed by atoms with Gasteiger partial charge in [0.25, 0.3) is 5.91 Å². The van der Waals surface area contributed by atoms with Crippen molar-refractivity contribution in [1.29, 1.82) is 0 Å². The van der Waals surface area contributed by atoms with Crippen LogP contribution in [-0.4, -0.2) is 58.0 Å². The zero-order chi connectivity index (χ0) is 22.6. The number of ether oxygens (including phenoxy) is 1. The molecule has 168 valence electrons. The van der Waals surface area contributed by atoms with Crippen LogP contribution < -0.4 is 10.2 Å². The van der Waals surface area contributed by atoms with E-state index in [9.17, 15) is 13.2 Å². The van der Waals surface area contributed by atoms with Gasteiger partial charge in [-0.2, -0.15) is 4.31 Å². The standard InChI is InChI=1S/C23H31N3O4S/c1-5-25(6-2)22-10-9-19(31(28,29)26-11-13-30-14-12-26)16-21(22)24-23(27)20-15-17(3)7-8-18(20)4/h7-10,15-16H,5-6,11-14H2,1-4H3,(H,24,27). The number of sulfonamides is 1. The maximum atomic E-state index is 13.2. The summed E-state index contributed by atoms with van der Waals surface area (Å²) in [6.45, 7) is 10.8. The first-order valence-electron chi connectivity index (χ1n) is 10.6. The van der Waals surface area contributed by atoms with Gasteiger partial charge in [0.15, 0.2) is 0 Å². The summed E-state index contributed by atoms with van der Waals surface area (Å²) in [6, 6.07) is 10.7. The van der Waals surface area contributed by atoms with Gasteiger partial charge in [-0.05, 0) is 57.5 Å². The SMILES string of the molecule is CCN(CC)c1ccc(S(=O)(=O)N2CCOCC2)cc1NC(=O)c1cc(C)ccc1C. The molecular weight excluding hydrogens is 414 g/mol. The van der Waals surface area contributed by atoms with Crippen molar-refractivity contribution in [2.45, 2.75) is 32.6 Å². The minimum Gasteiger partial charge on any atom is -0.379 e. The van der Waals surface area contributed by atoms with Gasteiger partial charge in [0.05, 0.1) is 29.5 Å².